The Balaban J connectivity index is 2.82. The first-order valence-corrected chi connectivity index (χ1v) is 13.0. The second kappa shape index (κ2) is 6.73. The summed E-state index contributed by atoms with van der Waals surface area (Å²) in [6.45, 7) is 15.2. The SMILES string of the molecule is C=C=C([Si](C)(C)C(C)(C)C)P(=O)(c1ccccc1)c1ccccc1. The molecule has 2 rings (SSSR count). The molecule has 0 saturated heterocycles. The first-order chi connectivity index (χ1) is 11.2. The van der Waals surface area contributed by atoms with Crippen molar-refractivity contribution in [1.29, 1.82) is 0 Å². The van der Waals surface area contributed by atoms with Crippen molar-refractivity contribution in [3.63, 3.8) is 0 Å². The molecule has 0 N–H and O–H groups in total. The summed E-state index contributed by atoms with van der Waals surface area (Å²) >= 11 is 0. The maximum Gasteiger partial charge on any atom is 0.170 e. The Bertz CT molecular complexity index is 751. The Morgan fingerprint density at radius 3 is 1.58 bits per heavy atom. The van der Waals surface area contributed by atoms with E-state index in [1.54, 1.807) is 0 Å². The smallest absolute Gasteiger partial charge is 0.170 e. The van der Waals surface area contributed by atoms with Crippen LogP contribution in [0.2, 0.25) is 18.1 Å². The van der Waals surface area contributed by atoms with E-state index in [-0.39, 0.29) is 5.04 Å². The second-order valence-electron chi connectivity index (χ2n) is 7.68. The summed E-state index contributed by atoms with van der Waals surface area (Å²) in [7, 11) is -5.00. The highest BCUT2D eigenvalue weighted by Crippen LogP contribution is 2.59. The van der Waals surface area contributed by atoms with Crippen LogP contribution in [0, 0.1) is 0 Å². The van der Waals surface area contributed by atoms with Gasteiger partial charge in [0.05, 0.1) is 0 Å². The third-order valence-corrected chi connectivity index (χ3v) is 15.8. The highest BCUT2D eigenvalue weighted by Gasteiger charge is 2.47. The predicted octanol–water partition coefficient (Wildman–Crippen LogP) is 5.72. The van der Waals surface area contributed by atoms with Crippen molar-refractivity contribution in [2.24, 2.45) is 0 Å². The fourth-order valence-corrected chi connectivity index (χ4v) is 11.1. The van der Waals surface area contributed by atoms with E-state index < -0.39 is 15.2 Å². The molecule has 0 fully saturated rings. The van der Waals surface area contributed by atoms with Crippen molar-refractivity contribution in [3.05, 3.63) is 77.9 Å². The van der Waals surface area contributed by atoms with Gasteiger partial charge in [0.2, 0.25) is 0 Å². The minimum absolute atomic E-state index is 0.0618. The summed E-state index contributed by atoms with van der Waals surface area (Å²) in [5, 5.41) is 1.80. The van der Waals surface area contributed by atoms with E-state index >= 15 is 0 Å². The first kappa shape index (κ1) is 18.7. The summed E-state index contributed by atoms with van der Waals surface area (Å²) in [6, 6.07) is 19.6. The molecule has 0 saturated carbocycles. The van der Waals surface area contributed by atoms with E-state index in [1.807, 2.05) is 60.7 Å². The van der Waals surface area contributed by atoms with Crippen molar-refractivity contribution in [3.8, 4) is 0 Å². The number of hydrogen-bond acceptors (Lipinski definition) is 1. The molecule has 0 radical (unpaired) electrons. The number of hydrogen-bond donors (Lipinski definition) is 0. The largest absolute Gasteiger partial charge is 0.309 e. The normalized spacial score (nSPS) is 12.5. The molecule has 2 aromatic carbocycles. The molecule has 0 atom stereocenters. The molecule has 0 amide bonds. The minimum atomic E-state index is -2.95. The van der Waals surface area contributed by atoms with Gasteiger partial charge in [-0.1, -0.05) is 101 Å². The Kier molecular flexibility index (Phi) is 5.25. The molecule has 3 heteroatoms. The van der Waals surface area contributed by atoms with Crippen molar-refractivity contribution in [1.82, 2.24) is 0 Å². The lowest BCUT2D eigenvalue weighted by atomic mass is 10.2. The Morgan fingerprint density at radius 1 is 0.917 bits per heavy atom. The lowest BCUT2D eigenvalue weighted by Crippen LogP contribution is -2.42. The van der Waals surface area contributed by atoms with Crippen molar-refractivity contribution in [2.45, 2.75) is 38.9 Å². The van der Waals surface area contributed by atoms with Gasteiger partial charge in [-0.2, -0.15) is 0 Å². The molecule has 0 aromatic heterocycles. The lowest BCUT2D eigenvalue weighted by Gasteiger charge is -2.41. The van der Waals surface area contributed by atoms with Gasteiger partial charge in [-0.15, -0.1) is 5.73 Å². The lowest BCUT2D eigenvalue weighted by molar-refractivity contribution is 0.591. The number of rotatable bonds is 4. The Morgan fingerprint density at radius 2 is 1.29 bits per heavy atom. The second-order valence-corrected chi connectivity index (χ2v) is 16.1. The Labute approximate surface area is 147 Å². The third kappa shape index (κ3) is 3.15. The summed E-state index contributed by atoms with van der Waals surface area (Å²) < 4.78 is 14.5. The molecule has 0 aliphatic rings. The van der Waals surface area contributed by atoms with Gasteiger partial charge < -0.3 is 4.57 Å². The predicted molar refractivity (Wildman–Crippen MR) is 110 cm³/mol. The zero-order valence-corrected chi connectivity index (χ0v) is 17.2. The third-order valence-electron chi connectivity index (χ3n) is 5.19. The molecule has 0 bridgehead atoms. The van der Waals surface area contributed by atoms with Crippen molar-refractivity contribution in [2.75, 3.05) is 0 Å². The molecule has 24 heavy (non-hydrogen) atoms. The van der Waals surface area contributed by atoms with Crippen molar-refractivity contribution >= 4 is 25.8 Å². The van der Waals surface area contributed by atoms with E-state index in [0.29, 0.717) is 0 Å². The molecule has 0 aliphatic heterocycles. The summed E-state index contributed by atoms with van der Waals surface area (Å²) in [4.78, 5) is 0.930. The fourth-order valence-electron chi connectivity index (χ4n) is 2.76. The topological polar surface area (TPSA) is 17.1 Å². The van der Waals surface area contributed by atoms with Gasteiger partial charge in [0.15, 0.2) is 7.14 Å². The van der Waals surface area contributed by atoms with Gasteiger partial charge in [0.25, 0.3) is 0 Å². The highest BCUT2D eigenvalue weighted by atomic mass is 31.2. The van der Waals surface area contributed by atoms with Gasteiger partial charge in [-0.25, -0.2) is 0 Å². The quantitative estimate of drug-likeness (QED) is 0.390. The highest BCUT2D eigenvalue weighted by molar-refractivity contribution is 7.85. The zero-order valence-electron chi connectivity index (χ0n) is 15.3. The zero-order chi connectivity index (χ0) is 18.0. The van der Waals surface area contributed by atoms with Crippen LogP contribution in [0.1, 0.15) is 20.8 Å². The molecular formula is C21H27OPSi. The molecule has 0 heterocycles. The average Bonchev–Trinajstić information content (AvgIpc) is 2.55. The van der Waals surface area contributed by atoms with Gasteiger partial charge >= 0.3 is 0 Å². The van der Waals surface area contributed by atoms with Crippen LogP contribution in [0.15, 0.2) is 77.9 Å². The van der Waals surface area contributed by atoms with Crippen LogP contribution in [0.3, 0.4) is 0 Å². The molecular weight excluding hydrogens is 327 g/mol. The van der Waals surface area contributed by atoms with Gasteiger partial charge in [0.1, 0.15) is 8.07 Å². The van der Waals surface area contributed by atoms with Gasteiger partial charge in [0, 0.05) is 15.5 Å². The maximum absolute atomic E-state index is 14.5. The molecule has 0 spiro atoms. The molecule has 0 unspecified atom stereocenters. The summed E-state index contributed by atoms with van der Waals surface area (Å²) in [5.74, 6) is 0. The fraction of sp³-hybridized carbons (Fsp3) is 0.286. The van der Waals surface area contributed by atoms with Gasteiger partial charge in [-0.05, 0) is 5.04 Å². The number of benzene rings is 2. The van der Waals surface area contributed by atoms with E-state index in [2.05, 4.69) is 46.2 Å². The summed E-state index contributed by atoms with van der Waals surface area (Å²) in [5.41, 5.74) is 3.15. The monoisotopic (exact) mass is 354 g/mol. The van der Waals surface area contributed by atoms with Crippen LogP contribution < -0.4 is 10.6 Å². The van der Waals surface area contributed by atoms with Crippen LogP contribution >= 0.6 is 7.14 Å². The Hall–Kier alpha value is -1.59. The minimum Gasteiger partial charge on any atom is -0.309 e. The average molecular weight is 355 g/mol. The molecule has 126 valence electrons. The van der Waals surface area contributed by atoms with E-state index in [4.69, 9.17) is 0 Å². The first-order valence-electron chi connectivity index (χ1n) is 8.28. The standard InChI is InChI=1S/C21H27OPSi/c1-7-20(24(5,6)21(2,3)4)23(22,18-14-10-8-11-15-18)19-16-12-9-13-17-19/h8-17H,1H2,2-6H3. The van der Waals surface area contributed by atoms with E-state index in [0.717, 1.165) is 15.5 Å². The van der Waals surface area contributed by atoms with Gasteiger partial charge in [-0.3, -0.25) is 0 Å². The van der Waals surface area contributed by atoms with Crippen LogP contribution in [0.5, 0.6) is 0 Å². The molecule has 1 nitrogen and oxygen atoms in total. The summed E-state index contributed by atoms with van der Waals surface area (Å²) in [6.07, 6.45) is 0. The molecule has 2 aromatic rings. The van der Waals surface area contributed by atoms with E-state index in [9.17, 15) is 4.57 Å². The maximum atomic E-state index is 14.5. The molecule has 0 aliphatic carbocycles. The van der Waals surface area contributed by atoms with Crippen molar-refractivity contribution < 1.29 is 4.57 Å². The van der Waals surface area contributed by atoms with Crippen LogP contribution in [-0.4, -0.2) is 8.07 Å². The van der Waals surface area contributed by atoms with Crippen LogP contribution in [0.4, 0.5) is 0 Å². The van der Waals surface area contributed by atoms with E-state index in [1.165, 1.54) is 0 Å². The van der Waals surface area contributed by atoms with Crippen LogP contribution in [0.25, 0.3) is 0 Å². The van der Waals surface area contributed by atoms with Crippen LogP contribution in [-0.2, 0) is 4.57 Å².